The van der Waals surface area contributed by atoms with Crippen LogP contribution in [0.5, 0.6) is 5.75 Å². The molecular weight excluding hydrogens is 307 g/mol. The van der Waals surface area contributed by atoms with Crippen molar-refractivity contribution >= 4 is 23.2 Å². The van der Waals surface area contributed by atoms with Crippen LogP contribution in [0.1, 0.15) is 6.42 Å². The van der Waals surface area contributed by atoms with Gasteiger partial charge in [-0.2, -0.15) is 0 Å². The van der Waals surface area contributed by atoms with Gasteiger partial charge >= 0.3 is 58.4 Å². The fourth-order valence-electron chi connectivity index (χ4n) is 2.32. The van der Waals surface area contributed by atoms with Crippen molar-refractivity contribution in [2.75, 3.05) is 13.2 Å². The van der Waals surface area contributed by atoms with Gasteiger partial charge in [0.05, 0.1) is 13.2 Å². The summed E-state index contributed by atoms with van der Waals surface area (Å²) in [6.07, 6.45) is 0.873. The number of benzene rings is 2. The zero-order valence-electron chi connectivity index (χ0n) is 11.7. The maximum Gasteiger partial charge on any atom is 1.00 e. The minimum Gasteiger partial charge on any atom is -0.488 e. The molecule has 1 unspecified atom stereocenters. The quantitative estimate of drug-likeness (QED) is 0.745. The van der Waals surface area contributed by atoms with Gasteiger partial charge in [-0.15, -0.1) is 5.46 Å². The molecule has 0 N–H and O–H groups in total. The molecule has 1 saturated heterocycles. The molecule has 0 spiro atoms. The van der Waals surface area contributed by atoms with Gasteiger partial charge in [0, 0.05) is 6.42 Å². The summed E-state index contributed by atoms with van der Waals surface area (Å²) in [6, 6.07) is 8.90. The Morgan fingerprint density at radius 3 is 2.43 bits per heavy atom. The third-order valence-corrected chi connectivity index (χ3v) is 3.40. The Hall–Kier alpha value is -0.0487. The van der Waals surface area contributed by atoms with E-state index in [1.54, 1.807) is 18.2 Å². The molecule has 0 bridgehead atoms. The van der Waals surface area contributed by atoms with E-state index in [4.69, 9.17) is 9.47 Å². The molecule has 2 aromatic rings. The van der Waals surface area contributed by atoms with E-state index in [1.165, 1.54) is 12.1 Å². The first-order valence-electron chi connectivity index (χ1n) is 6.50. The predicted molar refractivity (Wildman–Crippen MR) is 72.5 cm³/mol. The van der Waals surface area contributed by atoms with Crippen molar-refractivity contribution in [1.29, 1.82) is 0 Å². The van der Waals surface area contributed by atoms with Crippen LogP contribution in [0.4, 0.5) is 12.9 Å². The second-order valence-electron chi connectivity index (χ2n) is 4.95. The molecule has 0 radical (unpaired) electrons. The van der Waals surface area contributed by atoms with Crippen molar-refractivity contribution in [3.63, 3.8) is 0 Å². The molecule has 7 heteroatoms. The Labute approximate surface area is 163 Å². The number of halogens is 3. The van der Waals surface area contributed by atoms with Gasteiger partial charge in [-0.05, 0) is 22.9 Å². The third kappa shape index (κ3) is 4.24. The Kier molecular flexibility index (Phi) is 5.78. The van der Waals surface area contributed by atoms with E-state index in [0.717, 1.165) is 17.9 Å². The topological polar surface area (TPSA) is 18.5 Å². The first-order chi connectivity index (χ1) is 9.52. The van der Waals surface area contributed by atoms with Crippen molar-refractivity contribution < 1.29 is 73.8 Å². The maximum atomic E-state index is 12.7. The second-order valence-corrected chi connectivity index (χ2v) is 4.95. The normalized spacial score (nSPS) is 18.5. The third-order valence-electron chi connectivity index (χ3n) is 3.40. The van der Waals surface area contributed by atoms with Gasteiger partial charge in [-0.25, -0.2) is 0 Å². The number of rotatable bonds is 3. The smallest absolute Gasteiger partial charge is 0.488 e. The fourth-order valence-corrected chi connectivity index (χ4v) is 2.32. The van der Waals surface area contributed by atoms with Crippen molar-refractivity contribution in [2.24, 2.45) is 0 Å². The Balaban J connectivity index is 0.00000161. The van der Waals surface area contributed by atoms with Gasteiger partial charge in [0.2, 0.25) is 0 Å². The maximum absolute atomic E-state index is 12.7. The van der Waals surface area contributed by atoms with Crippen molar-refractivity contribution in [3.8, 4) is 5.75 Å². The monoisotopic (exact) mass is 320 g/mol. The van der Waals surface area contributed by atoms with Crippen LogP contribution in [0.2, 0.25) is 0 Å². The molecule has 2 aromatic carbocycles. The molecular formula is C14H13BF3KO2. The standard InChI is InChI=1S/C14H13BF3O2.K/c16-15(17,18)12-3-1-11-8-13(4-2-10(11)7-12)20-14-5-6-19-9-14;/h1-4,7-8,14H,5-6,9H2;/q-1;+1. The average Bonchev–Trinajstić information content (AvgIpc) is 2.90. The van der Waals surface area contributed by atoms with Crippen LogP contribution >= 0.6 is 0 Å². The van der Waals surface area contributed by atoms with E-state index < -0.39 is 12.4 Å². The van der Waals surface area contributed by atoms with E-state index >= 15 is 0 Å². The first kappa shape index (κ1) is 17.3. The summed E-state index contributed by atoms with van der Waals surface area (Å²) < 4.78 is 49.0. The molecule has 2 nitrogen and oxygen atoms in total. The Morgan fingerprint density at radius 2 is 1.76 bits per heavy atom. The van der Waals surface area contributed by atoms with Crippen molar-refractivity contribution in [3.05, 3.63) is 36.4 Å². The van der Waals surface area contributed by atoms with E-state index in [9.17, 15) is 12.9 Å². The largest absolute Gasteiger partial charge is 1.00 e. The van der Waals surface area contributed by atoms with Crippen molar-refractivity contribution in [2.45, 2.75) is 12.5 Å². The van der Waals surface area contributed by atoms with Gasteiger partial charge < -0.3 is 22.4 Å². The van der Waals surface area contributed by atoms with Crippen LogP contribution in [0.3, 0.4) is 0 Å². The molecule has 1 aliphatic rings. The molecule has 0 aliphatic carbocycles. The number of hydrogen-bond acceptors (Lipinski definition) is 2. The van der Waals surface area contributed by atoms with Crippen LogP contribution < -0.4 is 61.6 Å². The first-order valence-corrected chi connectivity index (χ1v) is 6.50. The van der Waals surface area contributed by atoms with Gasteiger partial charge in [-0.3, -0.25) is 0 Å². The summed E-state index contributed by atoms with van der Waals surface area (Å²) in [7, 11) is 0. The van der Waals surface area contributed by atoms with Crippen LogP contribution in [-0.2, 0) is 4.74 Å². The summed E-state index contributed by atoms with van der Waals surface area (Å²) >= 11 is 0. The van der Waals surface area contributed by atoms with Crippen LogP contribution in [0, 0.1) is 0 Å². The zero-order chi connectivity index (χ0) is 14.2. The van der Waals surface area contributed by atoms with Gasteiger partial charge in [0.15, 0.2) is 0 Å². The van der Waals surface area contributed by atoms with E-state index in [1.807, 2.05) is 0 Å². The molecule has 0 amide bonds. The van der Waals surface area contributed by atoms with Gasteiger partial charge in [-0.1, -0.05) is 24.3 Å². The number of ether oxygens (including phenoxy) is 2. The summed E-state index contributed by atoms with van der Waals surface area (Å²) in [5.41, 5.74) is -0.574. The molecule has 1 heterocycles. The molecule has 21 heavy (non-hydrogen) atoms. The fraction of sp³-hybridized carbons (Fsp3) is 0.286. The Morgan fingerprint density at radius 1 is 1.05 bits per heavy atom. The van der Waals surface area contributed by atoms with Gasteiger partial charge in [0.1, 0.15) is 11.9 Å². The Bertz CT molecular complexity index is 627. The number of hydrogen-bond donors (Lipinski definition) is 0. The summed E-state index contributed by atoms with van der Waals surface area (Å²) in [4.78, 5) is 0. The zero-order valence-corrected chi connectivity index (χ0v) is 14.8. The summed E-state index contributed by atoms with van der Waals surface area (Å²) in [6.45, 7) is -3.70. The summed E-state index contributed by atoms with van der Waals surface area (Å²) in [5.74, 6) is 0.665. The minimum atomic E-state index is -4.96. The molecule has 1 aliphatic heterocycles. The number of fused-ring (bicyclic) bond motifs is 1. The molecule has 1 atom stereocenters. The molecule has 0 saturated carbocycles. The van der Waals surface area contributed by atoms with Crippen LogP contribution in [0.25, 0.3) is 10.8 Å². The van der Waals surface area contributed by atoms with E-state index in [0.29, 0.717) is 24.3 Å². The van der Waals surface area contributed by atoms with E-state index in [-0.39, 0.29) is 57.5 Å². The van der Waals surface area contributed by atoms with Crippen LogP contribution in [-0.4, -0.2) is 26.3 Å². The van der Waals surface area contributed by atoms with E-state index in [2.05, 4.69) is 0 Å². The van der Waals surface area contributed by atoms with Crippen molar-refractivity contribution in [1.82, 2.24) is 0 Å². The predicted octanol–water partition coefficient (Wildman–Crippen LogP) is 0.0659. The van der Waals surface area contributed by atoms with Gasteiger partial charge in [0.25, 0.3) is 0 Å². The molecule has 3 rings (SSSR count). The van der Waals surface area contributed by atoms with Crippen LogP contribution in [0.15, 0.2) is 36.4 Å². The minimum absolute atomic E-state index is 0. The molecule has 106 valence electrons. The second kappa shape index (κ2) is 7.02. The SMILES string of the molecule is F[B-](F)(F)c1ccc2cc(OC3CCOC3)ccc2c1.[K+]. The molecule has 1 fully saturated rings. The summed E-state index contributed by atoms with van der Waals surface area (Å²) in [5, 5.41) is 1.31. The molecule has 0 aromatic heterocycles. The average molecular weight is 320 g/mol.